The maximum atomic E-state index is 11.4. The van der Waals surface area contributed by atoms with Crippen LogP contribution in [0.25, 0.3) is 11.1 Å². The summed E-state index contributed by atoms with van der Waals surface area (Å²) >= 11 is 0. The summed E-state index contributed by atoms with van der Waals surface area (Å²) in [6, 6.07) is 6.13. The second-order valence-electron chi connectivity index (χ2n) is 4.58. The van der Waals surface area contributed by atoms with Gasteiger partial charge in [0.1, 0.15) is 5.82 Å². The highest BCUT2D eigenvalue weighted by Crippen LogP contribution is 2.30. The first-order chi connectivity index (χ1) is 8.41. The molecule has 0 bridgehead atoms. The van der Waals surface area contributed by atoms with Crippen LogP contribution in [-0.2, 0) is 0 Å². The molecule has 0 spiro atoms. The molecular formula is C14H17N3O. The van der Waals surface area contributed by atoms with Crippen LogP contribution in [0.3, 0.4) is 0 Å². The van der Waals surface area contributed by atoms with Gasteiger partial charge in [-0.3, -0.25) is 4.79 Å². The smallest absolute Gasteiger partial charge is 0.245 e. The molecule has 0 aliphatic carbocycles. The molecule has 0 aliphatic rings. The van der Waals surface area contributed by atoms with Gasteiger partial charge in [0.05, 0.1) is 5.69 Å². The van der Waals surface area contributed by atoms with Gasteiger partial charge in [-0.2, -0.15) is 9.78 Å². The van der Waals surface area contributed by atoms with Gasteiger partial charge in [0.25, 0.3) is 0 Å². The van der Waals surface area contributed by atoms with Gasteiger partial charge in [-0.1, -0.05) is 18.2 Å². The van der Waals surface area contributed by atoms with Crippen LogP contribution in [0.15, 0.2) is 18.2 Å². The minimum absolute atomic E-state index is 0.175. The van der Waals surface area contributed by atoms with E-state index < -0.39 is 0 Å². The van der Waals surface area contributed by atoms with Gasteiger partial charge >= 0.3 is 0 Å². The van der Waals surface area contributed by atoms with Crippen molar-refractivity contribution in [3.05, 3.63) is 35.0 Å². The third-order valence-corrected chi connectivity index (χ3v) is 3.19. The number of hydrogen-bond donors (Lipinski definition) is 1. The number of carbonyl (C=O) groups excluding carboxylic acids is 1. The van der Waals surface area contributed by atoms with Crippen molar-refractivity contribution >= 4 is 11.7 Å². The molecule has 0 saturated heterocycles. The van der Waals surface area contributed by atoms with Crippen molar-refractivity contribution in [2.45, 2.75) is 27.7 Å². The Balaban J connectivity index is 2.64. The molecule has 0 atom stereocenters. The molecule has 0 unspecified atom stereocenters. The number of benzene rings is 1. The predicted molar refractivity (Wildman–Crippen MR) is 72.6 cm³/mol. The van der Waals surface area contributed by atoms with Gasteiger partial charge in [0.15, 0.2) is 0 Å². The second kappa shape index (κ2) is 4.29. The zero-order chi connectivity index (χ0) is 13.4. The Bertz CT molecular complexity index is 626. The second-order valence-corrected chi connectivity index (χ2v) is 4.58. The van der Waals surface area contributed by atoms with Crippen molar-refractivity contribution < 1.29 is 4.79 Å². The first-order valence-corrected chi connectivity index (χ1v) is 5.85. The number of rotatable bonds is 1. The van der Waals surface area contributed by atoms with Crippen LogP contribution >= 0.6 is 0 Å². The normalized spacial score (nSPS) is 10.7. The summed E-state index contributed by atoms with van der Waals surface area (Å²) < 4.78 is 1.25. The van der Waals surface area contributed by atoms with E-state index in [9.17, 15) is 4.79 Å². The van der Waals surface area contributed by atoms with Gasteiger partial charge in [-0.05, 0) is 37.5 Å². The lowest BCUT2D eigenvalue weighted by Crippen LogP contribution is -2.11. The van der Waals surface area contributed by atoms with E-state index in [-0.39, 0.29) is 5.91 Å². The molecule has 1 aromatic carbocycles. The number of nitrogen functional groups attached to an aromatic ring is 1. The average Bonchev–Trinajstić information content (AvgIpc) is 2.59. The monoisotopic (exact) mass is 243 g/mol. The van der Waals surface area contributed by atoms with Crippen LogP contribution in [0.2, 0.25) is 0 Å². The fourth-order valence-electron chi connectivity index (χ4n) is 2.04. The Morgan fingerprint density at radius 3 is 2.39 bits per heavy atom. The van der Waals surface area contributed by atoms with Crippen molar-refractivity contribution in [1.29, 1.82) is 0 Å². The minimum atomic E-state index is -0.175. The summed E-state index contributed by atoms with van der Waals surface area (Å²) in [7, 11) is 0. The topological polar surface area (TPSA) is 60.9 Å². The van der Waals surface area contributed by atoms with Gasteiger partial charge in [-0.25, -0.2) is 0 Å². The summed E-state index contributed by atoms with van der Waals surface area (Å²) in [5.74, 6) is 0.230. The lowest BCUT2D eigenvalue weighted by Gasteiger charge is -2.06. The number of anilines is 1. The van der Waals surface area contributed by atoms with Crippen molar-refractivity contribution in [3.8, 4) is 11.1 Å². The lowest BCUT2D eigenvalue weighted by atomic mass is 10.0. The van der Waals surface area contributed by atoms with Gasteiger partial charge in [0, 0.05) is 12.5 Å². The largest absolute Gasteiger partial charge is 0.383 e. The third-order valence-electron chi connectivity index (χ3n) is 3.19. The first kappa shape index (κ1) is 12.4. The molecule has 1 heterocycles. The van der Waals surface area contributed by atoms with Crippen molar-refractivity contribution in [2.24, 2.45) is 0 Å². The third kappa shape index (κ3) is 1.90. The fourth-order valence-corrected chi connectivity index (χ4v) is 2.04. The van der Waals surface area contributed by atoms with E-state index in [0.29, 0.717) is 5.82 Å². The van der Waals surface area contributed by atoms with Crippen LogP contribution in [0, 0.1) is 20.8 Å². The number of nitrogens with zero attached hydrogens (tertiary/aromatic N) is 2. The molecule has 0 fully saturated rings. The average molecular weight is 243 g/mol. The number of aromatic nitrogens is 2. The number of nitrogens with two attached hydrogens (primary N) is 1. The molecule has 94 valence electrons. The molecule has 1 aromatic heterocycles. The van der Waals surface area contributed by atoms with E-state index >= 15 is 0 Å². The minimum Gasteiger partial charge on any atom is -0.383 e. The van der Waals surface area contributed by atoms with Crippen molar-refractivity contribution in [2.75, 3.05) is 5.73 Å². The number of hydrogen-bond acceptors (Lipinski definition) is 3. The highest BCUT2D eigenvalue weighted by Gasteiger charge is 2.16. The van der Waals surface area contributed by atoms with E-state index in [4.69, 9.17) is 5.73 Å². The summed E-state index contributed by atoms with van der Waals surface area (Å²) in [5, 5.41) is 4.18. The molecule has 0 saturated carbocycles. The van der Waals surface area contributed by atoms with Crippen LogP contribution in [0.1, 0.15) is 28.5 Å². The van der Waals surface area contributed by atoms with E-state index in [1.165, 1.54) is 22.7 Å². The Labute approximate surface area is 106 Å². The zero-order valence-electron chi connectivity index (χ0n) is 11.1. The van der Waals surface area contributed by atoms with Gasteiger partial charge in [-0.15, -0.1) is 0 Å². The van der Waals surface area contributed by atoms with Crippen LogP contribution in [0.4, 0.5) is 5.82 Å². The van der Waals surface area contributed by atoms with Crippen molar-refractivity contribution in [3.63, 3.8) is 0 Å². The van der Waals surface area contributed by atoms with Gasteiger partial charge < -0.3 is 5.73 Å². The van der Waals surface area contributed by atoms with E-state index in [1.807, 2.05) is 13.0 Å². The van der Waals surface area contributed by atoms with Gasteiger partial charge in [0.2, 0.25) is 5.91 Å². The molecule has 2 rings (SSSR count). The molecule has 4 nitrogen and oxygen atoms in total. The summed E-state index contributed by atoms with van der Waals surface area (Å²) in [6.07, 6.45) is 0. The first-order valence-electron chi connectivity index (χ1n) is 5.85. The van der Waals surface area contributed by atoms with E-state index in [2.05, 4.69) is 31.1 Å². The molecule has 18 heavy (non-hydrogen) atoms. The number of aryl methyl sites for hydroxylation is 3. The van der Waals surface area contributed by atoms with Crippen molar-refractivity contribution in [1.82, 2.24) is 9.78 Å². The Morgan fingerprint density at radius 2 is 1.89 bits per heavy atom. The molecule has 2 aromatic rings. The number of carbonyl (C=O) groups is 1. The fraction of sp³-hybridized carbons (Fsp3) is 0.286. The Morgan fingerprint density at radius 1 is 1.22 bits per heavy atom. The Hall–Kier alpha value is -2.10. The molecule has 4 heteroatoms. The summed E-state index contributed by atoms with van der Waals surface area (Å²) in [6.45, 7) is 7.43. The Kier molecular flexibility index (Phi) is 2.95. The van der Waals surface area contributed by atoms with E-state index in [1.54, 1.807) is 0 Å². The van der Waals surface area contributed by atoms with Crippen LogP contribution in [0.5, 0.6) is 0 Å². The quantitative estimate of drug-likeness (QED) is 0.837. The SMILES string of the molecule is CC(=O)n1nc(C)c(-c2ccc(C)c(C)c2)c1N. The summed E-state index contributed by atoms with van der Waals surface area (Å²) in [5.41, 5.74) is 11.0. The maximum Gasteiger partial charge on any atom is 0.245 e. The molecular weight excluding hydrogens is 226 g/mol. The highest BCUT2D eigenvalue weighted by atomic mass is 16.2. The molecule has 0 amide bonds. The predicted octanol–water partition coefficient (Wildman–Crippen LogP) is 2.72. The summed E-state index contributed by atoms with van der Waals surface area (Å²) in [4.78, 5) is 11.4. The lowest BCUT2D eigenvalue weighted by molar-refractivity contribution is 0.0924. The van der Waals surface area contributed by atoms with E-state index in [0.717, 1.165) is 16.8 Å². The zero-order valence-corrected chi connectivity index (χ0v) is 11.1. The molecule has 0 radical (unpaired) electrons. The molecule has 0 aliphatic heterocycles. The standard InChI is InChI=1S/C14H17N3O/c1-8-5-6-12(7-9(8)2)13-10(3)16-17(11(4)18)14(13)15/h5-7H,15H2,1-4H3. The maximum absolute atomic E-state index is 11.4. The highest BCUT2D eigenvalue weighted by molar-refractivity contribution is 5.86. The van der Waals surface area contributed by atoms with Crippen LogP contribution < -0.4 is 5.73 Å². The van der Waals surface area contributed by atoms with Crippen LogP contribution in [-0.4, -0.2) is 15.7 Å². The molecule has 2 N–H and O–H groups in total.